The van der Waals surface area contributed by atoms with Crippen LogP contribution in [-0.2, 0) is 9.63 Å². The first kappa shape index (κ1) is 14.4. The Kier molecular flexibility index (Phi) is 5.08. The second-order valence-electron chi connectivity index (χ2n) is 4.87. The Bertz CT molecular complexity index is 421. The molecular weight excluding hydrogens is 226 g/mol. The topological polar surface area (TPSA) is 38.7 Å². The summed E-state index contributed by atoms with van der Waals surface area (Å²) < 4.78 is 0. The van der Waals surface area contributed by atoms with Crippen LogP contribution in [0.15, 0.2) is 35.5 Å². The maximum absolute atomic E-state index is 11.8. The summed E-state index contributed by atoms with van der Waals surface area (Å²) in [5.74, 6) is -0.285. The molecule has 0 aliphatic heterocycles. The first-order valence-electron chi connectivity index (χ1n) is 6.35. The Morgan fingerprint density at radius 3 is 2.33 bits per heavy atom. The van der Waals surface area contributed by atoms with Gasteiger partial charge in [0.25, 0.3) is 0 Å². The SMILES string of the molecule is CC/C(=N/OC(=O)C(C)(C)CC)c1ccccc1. The van der Waals surface area contributed by atoms with Gasteiger partial charge >= 0.3 is 5.97 Å². The molecule has 18 heavy (non-hydrogen) atoms. The fraction of sp³-hybridized carbons (Fsp3) is 0.467. The number of rotatable bonds is 5. The minimum atomic E-state index is -0.487. The quantitative estimate of drug-likeness (QED) is 0.451. The molecule has 0 aromatic heterocycles. The zero-order chi connectivity index (χ0) is 13.6. The Morgan fingerprint density at radius 2 is 1.83 bits per heavy atom. The lowest BCUT2D eigenvalue weighted by atomic mass is 9.91. The highest BCUT2D eigenvalue weighted by Crippen LogP contribution is 2.21. The molecule has 1 aromatic carbocycles. The van der Waals surface area contributed by atoms with Crippen LogP contribution < -0.4 is 0 Å². The van der Waals surface area contributed by atoms with Crippen LogP contribution in [0.3, 0.4) is 0 Å². The van der Waals surface area contributed by atoms with Gasteiger partial charge in [-0.2, -0.15) is 0 Å². The molecule has 3 nitrogen and oxygen atoms in total. The number of nitrogens with zero attached hydrogens (tertiary/aromatic N) is 1. The van der Waals surface area contributed by atoms with E-state index in [0.29, 0.717) is 0 Å². The fourth-order valence-electron chi connectivity index (χ4n) is 1.32. The minimum absolute atomic E-state index is 0.285. The predicted molar refractivity (Wildman–Crippen MR) is 73.4 cm³/mol. The highest BCUT2D eigenvalue weighted by molar-refractivity contribution is 6.00. The van der Waals surface area contributed by atoms with Crippen LogP contribution in [0.4, 0.5) is 0 Å². The van der Waals surface area contributed by atoms with Crippen molar-refractivity contribution in [3.05, 3.63) is 35.9 Å². The molecule has 0 unspecified atom stereocenters. The molecule has 0 N–H and O–H groups in total. The zero-order valence-corrected chi connectivity index (χ0v) is 11.6. The van der Waals surface area contributed by atoms with Gasteiger partial charge in [-0.15, -0.1) is 0 Å². The molecule has 0 spiro atoms. The first-order valence-corrected chi connectivity index (χ1v) is 6.35. The molecule has 98 valence electrons. The van der Waals surface area contributed by atoms with Gasteiger partial charge in [-0.05, 0) is 32.3 Å². The Hall–Kier alpha value is -1.64. The number of oxime groups is 1. The summed E-state index contributed by atoms with van der Waals surface area (Å²) in [5.41, 5.74) is 1.29. The van der Waals surface area contributed by atoms with Crippen LogP contribution in [0, 0.1) is 5.41 Å². The van der Waals surface area contributed by atoms with Gasteiger partial charge in [0.2, 0.25) is 0 Å². The Balaban J connectivity index is 2.79. The standard InChI is InChI=1S/C15H21NO2/c1-5-13(12-10-8-7-9-11-12)16-18-14(17)15(3,4)6-2/h7-11H,5-6H2,1-4H3/b16-13-. The van der Waals surface area contributed by atoms with Crippen molar-refractivity contribution < 1.29 is 9.63 Å². The van der Waals surface area contributed by atoms with Gasteiger partial charge < -0.3 is 4.84 Å². The van der Waals surface area contributed by atoms with Gasteiger partial charge in [-0.25, -0.2) is 4.79 Å². The van der Waals surface area contributed by atoms with Crippen LogP contribution >= 0.6 is 0 Å². The van der Waals surface area contributed by atoms with Crippen molar-refractivity contribution >= 4 is 11.7 Å². The minimum Gasteiger partial charge on any atom is -0.317 e. The van der Waals surface area contributed by atoms with Gasteiger partial charge in [-0.3, -0.25) is 0 Å². The predicted octanol–water partition coefficient (Wildman–Crippen LogP) is 3.78. The monoisotopic (exact) mass is 247 g/mol. The molecule has 0 heterocycles. The lowest BCUT2D eigenvalue weighted by Crippen LogP contribution is -2.24. The first-order chi connectivity index (χ1) is 8.51. The molecular formula is C15H21NO2. The van der Waals surface area contributed by atoms with Gasteiger partial charge in [-0.1, -0.05) is 49.3 Å². The van der Waals surface area contributed by atoms with Crippen molar-refractivity contribution in [1.82, 2.24) is 0 Å². The van der Waals surface area contributed by atoms with Crippen LogP contribution in [0.1, 0.15) is 46.1 Å². The number of hydrogen-bond donors (Lipinski definition) is 0. The summed E-state index contributed by atoms with van der Waals surface area (Å²) in [5, 5.41) is 3.99. The molecule has 0 radical (unpaired) electrons. The normalized spacial score (nSPS) is 12.3. The molecule has 0 bridgehead atoms. The molecule has 0 saturated heterocycles. The van der Waals surface area contributed by atoms with Crippen LogP contribution in [-0.4, -0.2) is 11.7 Å². The lowest BCUT2D eigenvalue weighted by Gasteiger charge is -2.17. The van der Waals surface area contributed by atoms with E-state index < -0.39 is 5.41 Å². The number of carbonyl (C=O) groups is 1. The van der Waals surface area contributed by atoms with E-state index in [9.17, 15) is 4.79 Å². The Labute approximate surface area is 109 Å². The summed E-state index contributed by atoms with van der Waals surface area (Å²) in [6.45, 7) is 7.67. The highest BCUT2D eigenvalue weighted by Gasteiger charge is 2.27. The molecule has 1 rings (SSSR count). The lowest BCUT2D eigenvalue weighted by molar-refractivity contribution is -0.154. The summed E-state index contributed by atoms with van der Waals surface area (Å²) in [4.78, 5) is 16.9. The zero-order valence-electron chi connectivity index (χ0n) is 11.6. The van der Waals surface area contributed by atoms with E-state index in [1.54, 1.807) is 0 Å². The van der Waals surface area contributed by atoms with E-state index in [1.807, 2.05) is 58.0 Å². The van der Waals surface area contributed by atoms with Crippen molar-refractivity contribution in [2.45, 2.75) is 40.5 Å². The van der Waals surface area contributed by atoms with Gasteiger partial charge in [0.15, 0.2) is 0 Å². The molecule has 0 aliphatic rings. The summed E-state index contributed by atoms with van der Waals surface area (Å²) >= 11 is 0. The van der Waals surface area contributed by atoms with Crippen molar-refractivity contribution in [2.75, 3.05) is 0 Å². The summed E-state index contributed by atoms with van der Waals surface area (Å²) in [6, 6.07) is 9.75. The molecule has 0 amide bonds. The van der Waals surface area contributed by atoms with E-state index in [2.05, 4.69) is 5.16 Å². The third-order valence-corrected chi connectivity index (χ3v) is 3.12. The highest BCUT2D eigenvalue weighted by atomic mass is 16.7. The molecule has 1 aromatic rings. The maximum atomic E-state index is 11.8. The van der Waals surface area contributed by atoms with Crippen molar-refractivity contribution in [3.63, 3.8) is 0 Å². The largest absolute Gasteiger partial charge is 0.340 e. The second-order valence-corrected chi connectivity index (χ2v) is 4.87. The van der Waals surface area contributed by atoms with Crippen LogP contribution in [0.2, 0.25) is 0 Å². The average Bonchev–Trinajstić information content (AvgIpc) is 2.40. The van der Waals surface area contributed by atoms with Gasteiger partial charge in [0.1, 0.15) is 0 Å². The van der Waals surface area contributed by atoms with Gasteiger partial charge in [0.05, 0.1) is 11.1 Å². The fourth-order valence-corrected chi connectivity index (χ4v) is 1.32. The van der Waals surface area contributed by atoms with Crippen LogP contribution in [0.5, 0.6) is 0 Å². The second kappa shape index (κ2) is 6.34. The van der Waals surface area contributed by atoms with E-state index >= 15 is 0 Å². The van der Waals surface area contributed by atoms with Crippen LogP contribution in [0.25, 0.3) is 0 Å². The van der Waals surface area contributed by atoms with E-state index in [1.165, 1.54) is 0 Å². The molecule has 0 fully saturated rings. The van der Waals surface area contributed by atoms with E-state index in [4.69, 9.17) is 4.84 Å². The molecule has 0 atom stereocenters. The number of benzene rings is 1. The third kappa shape index (κ3) is 3.69. The van der Waals surface area contributed by atoms with E-state index in [-0.39, 0.29) is 5.97 Å². The molecule has 0 saturated carbocycles. The van der Waals surface area contributed by atoms with Crippen molar-refractivity contribution in [1.29, 1.82) is 0 Å². The smallest absolute Gasteiger partial charge is 0.317 e. The number of carbonyl (C=O) groups excluding carboxylic acids is 1. The molecule has 0 aliphatic carbocycles. The molecule has 3 heteroatoms. The number of hydrogen-bond acceptors (Lipinski definition) is 3. The van der Waals surface area contributed by atoms with Gasteiger partial charge in [0, 0.05) is 0 Å². The summed E-state index contributed by atoms with van der Waals surface area (Å²) in [7, 11) is 0. The summed E-state index contributed by atoms with van der Waals surface area (Å²) in [6.07, 6.45) is 1.46. The van der Waals surface area contributed by atoms with E-state index in [0.717, 1.165) is 24.1 Å². The maximum Gasteiger partial charge on any atom is 0.340 e. The van der Waals surface area contributed by atoms with Crippen molar-refractivity contribution in [3.8, 4) is 0 Å². The Morgan fingerprint density at radius 1 is 1.22 bits per heavy atom. The third-order valence-electron chi connectivity index (χ3n) is 3.12. The average molecular weight is 247 g/mol. The van der Waals surface area contributed by atoms with Crippen molar-refractivity contribution in [2.24, 2.45) is 10.6 Å².